The van der Waals surface area contributed by atoms with Gasteiger partial charge >= 0.3 is 6.03 Å². The van der Waals surface area contributed by atoms with E-state index in [0.29, 0.717) is 5.69 Å². The monoisotopic (exact) mass is 361 g/mol. The third-order valence-electron chi connectivity index (χ3n) is 2.76. The first-order valence-electron chi connectivity index (χ1n) is 6.62. The molecule has 6 heteroatoms. The summed E-state index contributed by atoms with van der Waals surface area (Å²) in [7, 11) is 0. The first-order valence-corrected chi connectivity index (χ1v) is 7.42. The van der Waals surface area contributed by atoms with E-state index in [2.05, 4.69) is 31.8 Å². The SMILES string of the molecule is CC(/C=N/NC(=O)Nc1ccc(Br)c(C)c1)=C\c1ccco1. The number of urea groups is 1. The molecule has 0 aliphatic carbocycles. The van der Waals surface area contributed by atoms with Crippen molar-refractivity contribution in [3.63, 3.8) is 0 Å². The average Bonchev–Trinajstić information content (AvgIpc) is 2.95. The summed E-state index contributed by atoms with van der Waals surface area (Å²) < 4.78 is 6.19. The Morgan fingerprint density at radius 1 is 1.36 bits per heavy atom. The number of rotatable bonds is 4. The van der Waals surface area contributed by atoms with E-state index in [9.17, 15) is 4.79 Å². The van der Waals surface area contributed by atoms with Gasteiger partial charge in [-0.2, -0.15) is 5.10 Å². The van der Waals surface area contributed by atoms with Crippen molar-refractivity contribution in [1.29, 1.82) is 0 Å². The Hall–Kier alpha value is -2.34. The number of allylic oxidation sites excluding steroid dienone is 1. The van der Waals surface area contributed by atoms with Crippen molar-refractivity contribution in [3.05, 3.63) is 58.0 Å². The van der Waals surface area contributed by atoms with E-state index in [4.69, 9.17) is 4.42 Å². The summed E-state index contributed by atoms with van der Waals surface area (Å²) >= 11 is 3.41. The minimum Gasteiger partial charge on any atom is -0.465 e. The van der Waals surface area contributed by atoms with Crippen LogP contribution in [-0.2, 0) is 0 Å². The molecule has 2 amide bonds. The summed E-state index contributed by atoms with van der Waals surface area (Å²) in [6, 6.07) is 8.81. The van der Waals surface area contributed by atoms with Gasteiger partial charge < -0.3 is 9.73 Å². The molecule has 2 aromatic rings. The second-order valence-electron chi connectivity index (χ2n) is 4.69. The highest BCUT2D eigenvalue weighted by molar-refractivity contribution is 9.10. The molecule has 2 rings (SSSR count). The Morgan fingerprint density at radius 2 is 2.18 bits per heavy atom. The number of anilines is 1. The quantitative estimate of drug-likeness (QED) is 0.618. The fourth-order valence-corrected chi connectivity index (χ4v) is 1.96. The molecule has 0 bridgehead atoms. The highest BCUT2D eigenvalue weighted by Crippen LogP contribution is 2.19. The number of nitrogens with zero attached hydrogens (tertiary/aromatic N) is 1. The molecule has 0 unspecified atom stereocenters. The van der Waals surface area contributed by atoms with Gasteiger partial charge in [0.2, 0.25) is 0 Å². The van der Waals surface area contributed by atoms with Gasteiger partial charge in [0.15, 0.2) is 0 Å². The van der Waals surface area contributed by atoms with Crippen molar-refractivity contribution in [2.24, 2.45) is 5.10 Å². The van der Waals surface area contributed by atoms with Crippen LogP contribution in [0.1, 0.15) is 18.2 Å². The summed E-state index contributed by atoms with van der Waals surface area (Å²) in [5.41, 5.74) is 5.01. The van der Waals surface area contributed by atoms with Crippen LogP contribution < -0.4 is 10.7 Å². The maximum Gasteiger partial charge on any atom is 0.339 e. The molecule has 0 spiro atoms. The highest BCUT2D eigenvalue weighted by atomic mass is 79.9. The summed E-state index contributed by atoms with van der Waals surface area (Å²) in [5, 5.41) is 6.59. The van der Waals surface area contributed by atoms with E-state index >= 15 is 0 Å². The van der Waals surface area contributed by atoms with Crippen LogP contribution in [0.25, 0.3) is 6.08 Å². The average molecular weight is 362 g/mol. The third kappa shape index (κ3) is 4.89. The molecule has 114 valence electrons. The first-order chi connectivity index (χ1) is 10.5. The summed E-state index contributed by atoms with van der Waals surface area (Å²) in [6.07, 6.45) is 4.97. The number of hydrogen-bond acceptors (Lipinski definition) is 3. The number of amides is 2. The predicted molar refractivity (Wildman–Crippen MR) is 91.9 cm³/mol. The van der Waals surface area contributed by atoms with Crippen molar-refractivity contribution in [2.75, 3.05) is 5.32 Å². The van der Waals surface area contributed by atoms with Crippen LogP contribution in [0.15, 0.2) is 56.2 Å². The van der Waals surface area contributed by atoms with E-state index in [1.165, 1.54) is 0 Å². The van der Waals surface area contributed by atoms with E-state index in [1.807, 2.05) is 50.3 Å². The van der Waals surface area contributed by atoms with Gasteiger partial charge in [-0.3, -0.25) is 0 Å². The fraction of sp³-hybridized carbons (Fsp3) is 0.125. The van der Waals surface area contributed by atoms with Gasteiger partial charge in [0, 0.05) is 10.2 Å². The van der Waals surface area contributed by atoms with Gasteiger partial charge in [-0.25, -0.2) is 10.2 Å². The van der Waals surface area contributed by atoms with E-state index < -0.39 is 6.03 Å². The van der Waals surface area contributed by atoms with E-state index in [-0.39, 0.29) is 0 Å². The molecular weight excluding hydrogens is 346 g/mol. The van der Waals surface area contributed by atoms with Crippen molar-refractivity contribution in [3.8, 4) is 0 Å². The summed E-state index contributed by atoms with van der Waals surface area (Å²) in [4.78, 5) is 11.7. The standard InChI is InChI=1S/C16H16BrN3O2/c1-11(8-14-4-3-7-22-14)10-18-20-16(21)19-13-5-6-15(17)12(2)9-13/h3-10H,1-2H3,(H2,19,20,21)/b11-8+,18-10+. The van der Waals surface area contributed by atoms with Crippen LogP contribution in [0.2, 0.25) is 0 Å². The Bertz CT molecular complexity index is 706. The maximum atomic E-state index is 11.7. The smallest absolute Gasteiger partial charge is 0.339 e. The Kier molecular flexibility index (Phi) is 5.55. The number of furan rings is 1. The number of nitrogens with one attached hydrogen (secondary N) is 2. The van der Waals surface area contributed by atoms with Crippen LogP contribution in [0, 0.1) is 6.92 Å². The molecule has 0 atom stereocenters. The van der Waals surface area contributed by atoms with Gasteiger partial charge in [-0.15, -0.1) is 0 Å². The summed E-state index contributed by atoms with van der Waals surface area (Å²) in [5.74, 6) is 0.735. The molecular formula is C16H16BrN3O2. The molecule has 22 heavy (non-hydrogen) atoms. The number of carbonyl (C=O) groups is 1. The highest BCUT2D eigenvalue weighted by Gasteiger charge is 2.01. The molecule has 2 N–H and O–H groups in total. The lowest BCUT2D eigenvalue weighted by Gasteiger charge is -2.06. The number of carbonyl (C=O) groups excluding carboxylic acids is 1. The van der Waals surface area contributed by atoms with Crippen LogP contribution in [0.4, 0.5) is 10.5 Å². The largest absolute Gasteiger partial charge is 0.465 e. The minimum absolute atomic E-state index is 0.399. The maximum absolute atomic E-state index is 11.7. The molecule has 0 saturated heterocycles. The van der Waals surface area contributed by atoms with Crippen molar-refractivity contribution in [2.45, 2.75) is 13.8 Å². The molecule has 0 aliphatic rings. The fourth-order valence-electron chi connectivity index (χ4n) is 1.71. The first kappa shape index (κ1) is 16.0. The molecule has 5 nitrogen and oxygen atoms in total. The van der Waals surface area contributed by atoms with Gasteiger partial charge in [-0.05, 0) is 61.4 Å². The number of benzene rings is 1. The number of hydrazone groups is 1. The Labute approximate surface area is 137 Å². The van der Waals surface area contributed by atoms with Crippen LogP contribution in [0.5, 0.6) is 0 Å². The number of hydrogen-bond donors (Lipinski definition) is 2. The molecule has 1 aromatic heterocycles. The zero-order valence-electron chi connectivity index (χ0n) is 12.3. The van der Waals surface area contributed by atoms with Gasteiger partial charge in [0.05, 0.1) is 12.5 Å². The van der Waals surface area contributed by atoms with Crippen LogP contribution in [0.3, 0.4) is 0 Å². The molecule has 1 aromatic carbocycles. The van der Waals surface area contributed by atoms with Gasteiger partial charge in [-0.1, -0.05) is 15.9 Å². The summed E-state index contributed by atoms with van der Waals surface area (Å²) in [6.45, 7) is 3.82. The predicted octanol–water partition coefficient (Wildman–Crippen LogP) is 4.56. The minimum atomic E-state index is -0.399. The van der Waals surface area contributed by atoms with Crippen LogP contribution >= 0.6 is 15.9 Å². The van der Waals surface area contributed by atoms with Gasteiger partial charge in [0.25, 0.3) is 0 Å². The van der Waals surface area contributed by atoms with Crippen LogP contribution in [-0.4, -0.2) is 12.2 Å². The molecule has 0 radical (unpaired) electrons. The zero-order valence-corrected chi connectivity index (χ0v) is 13.8. The lowest BCUT2D eigenvalue weighted by atomic mass is 10.2. The van der Waals surface area contributed by atoms with Crippen molar-refractivity contribution in [1.82, 2.24) is 5.43 Å². The zero-order chi connectivity index (χ0) is 15.9. The molecule has 0 fully saturated rings. The Balaban J connectivity index is 1.87. The number of halogens is 1. The Morgan fingerprint density at radius 3 is 2.86 bits per heavy atom. The number of aryl methyl sites for hydroxylation is 1. The normalized spacial score (nSPS) is 11.7. The molecule has 0 aliphatic heterocycles. The lowest BCUT2D eigenvalue weighted by Crippen LogP contribution is -2.24. The third-order valence-corrected chi connectivity index (χ3v) is 3.65. The second kappa shape index (κ2) is 7.61. The van der Waals surface area contributed by atoms with E-state index in [0.717, 1.165) is 21.4 Å². The second-order valence-corrected chi connectivity index (χ2v) is 5.55. The van der Waals surface area contributed by atoms with Crippen molar-refractivity contribution >= 4 is 39.9 Å². The molecule has 0 saturated carbocycles. The topological polar surface area (TPSA) is 66.6 Å². The van der Waals surface area contributed by atoms with E-state index in [1.54, 1.807) is 12.5 Å². The van der Waals surface area contributed by atoms with Crippen molar-refractivity contribution < 1.29 is 9.21 Å². The van der Waals surface area contributed by atoms with Gasteiger partial charge in [0.1, 0.15) is 5.76 Å². The molecule has 1 heterocycles. The lowest BCUT2D eigenvalue weighted by molar-refractivity contribution is 0.252.